The summed E-state index contributed by atoms with van der Waals surface area (Å²) in [6.07, 6.45) is 8.51. The molecule has 1 aliphatic carbocycles. The average Bonchev–Trinajstić information content (AvgIpc) is 2.49. The van der Waals surface area contributed by atoms with Crippen LogP contribution in [-0.2, 0) is 6.54 Å². The van der Waals surface area contributed by atoms with Gasteiger partial charge in [0.1, 0.15) is 0 Å². The van der Waals surface area contributed by atoms with Crippen LogP contribution in [0.1, 0.15) is 43.2 Å². The number of thiocarbonyl (C=S) groups is 1. The van der Waals surface area contributed by atoms with E-state index in [1.54, 1.807) is 6.21 Å². The van der Waals surface area contributed by atoms with E-state index in [4.69, 9.17) is 18.0 Å². The van der Waals surface area contributed by atoms with Gasteiger partial charge >= 0.3 is 0 Å². The minimum absolute atomic E-state index is 0.183. The molecular formula is C16H24N4S. The third kappa shape index (κ3) is 5.10. The lowest BCUT2D eigenvalue weighted by molar-refractivity contribution is 0.184. The SMILES string of the molecule is CN(Cc1ccccc1C=NNC(N)=S)C1CCCCC1. The Labute approximate surface area is 132 Å². The van der Waals surface area contributed by atoms with Crippen molar-refractivity contribution in [3.63, 3.8) is 0 Å². The minimum Gasteiger partial charge on any atom is -0.375 e. The van der Waals surface area contributed by atoms with Crippen LogP contribution in [0.2, 0.25) is 0 Å². The van der Waals surface area contributed by atoms with Crippen LogP contribution in [0.15, 0.2) is 29.4 Å². The van der Waals surface area contributed by atoms with Crippen LogP contribution in [0.4, 0.5) is 0 Å². The maximum Gasteiger partial charge on any atom is 0.184 e. The molecule has 0 radical (unpaired) electrons. The highest BCUT2D eigenvalue weighted by molar-refractivity contribution is 7.80. The van der Waals surface area contributed by atoms with Crippen molar-refractivity contribution in [2.75, 3.05) is 7.05 Å². The van der Waals surface area contributed by atoms with Crippen molar-refractivity contribution >= 4 is 23.5 Å². The zero-order chi connectivity index (χ0) is 15.1. The average molecular weight is 304 g/mol. The molecule has 0 atom stereocenters. The Morgan fingerprint density at radius 2 is 2.10 bits per heavy atom. The van der Waals surface area contributed by atoms with E-state index in [1.165, 1.54) is 37.7 Å². The van der Waals surface area contributed by atoms with Crippen LogP contribution in [0, 0.1) is 0 Å². The van der Waals surface area contributed by atoms with E-state index in [0.717, 1.165) is 12.1 Å². The van der Waals surface area contributed by atoms with Gasteiger partial charge in [0.2, 0.25) is 0 Å². The van der Waals surface area contributed by atoms with Crippen LogP contribution in [0.5, 0.6) is 0 Å². The Morgan fingerprint density at radius 3 is 2.81 bits per heavy atom. The molecule has 114 valence electrons. The second-order valence-electron chi connectivity index (χ2n) is 5.64. The first-order valence-corrected chi connectivity index (χ1v) is 7.94. The molecule has 1 aromatic rings. The third-order valence-electron chi connectivity index (χ3n) is 4.05. The summed E-state index contributed by atoms with van der Waals surface area (Å²) in [5, 5.41) is 4.25. The van der Waals surface area contributed by atoms with Crippen molar-refractivity contribution in [3.8, 4) is 0 Å². The van der Waals surface area contributed by atoms with Crippen molar-refractivity contribution in [1.82, 2.24) is 10.3 Å². The molecule has 0 saturated heterocycles. The number of benzene rings is 1. The van der Waals surface area contributed by atoms with Crippen molar-refractivity contribution in [2.45, 2.75) is 44.7 Å². The Balaban J connectivity index is 2.01. The maximum absolute atomic E-state index is 5.37. The number of hydrogen-bond donors (Lipinski definition) is 2. The van der Waals surface area contributed by atoms with Crippen LogP contribution in [-0.4, -0.2) is 29.3 Å². The molecule has 3 N–H and O–H groups in total. The predicted octanol–water partition coefficient (Wildman–Crippen LogP) is 2.62. The molecule has 0 amide bonds. The molecule has 1 fully saturated rings. The second kappa shape index (κ2) is 8.10. The molecule has 5 heteroatoms. The van der Waals surface area contributed by atoms with Gasteiger partial charge in [0.15, 0.2) is 5.11 Å². The van der Waals surface area contributed by atoms with Gasteiger partial charge < -0.3 is 5.73 Å². The minimum atomic E-state index is 0.183. The zero-order valence-corrected chi connectivity index (χ0v) is 13.4. The van der Waals surface area contributed by atoms with Crippen LogP contribution < -0.4 is 11.2 Å². The summed E-state index contributed by atoms with van der Waals surface area (Å²) >= 11 is 4.74. The zero-order valence-electron chi connectivity index (χ0n) is 12.6. The third-order valence-corrected chi connectivity index (χ3v) is 4.14. The standard InChI is InChI=1S/C16H24N4S/c1-20(15-9-3-2-4-10-15)12-14-8-6-5-7-13(14)11-18-19-16(17)21/h5-8,11,15H,2-4,9-10,12H2,1H3,(H3,17,19,21). The van der Waals surface area contributed by atoms with Crippen molar-refractivity contribution in [1.29, 1.82) is 0 Å². The van der Waals surface area contributed by atoms with E-state index < -0.39 is 0 Å². The number of hydrazone groups is 1. The highest BCUT2D eigenvalue weighted by atomic mass is 32.1. The molecule has 0 heterocycles. The van der Waals surface area contributed by atoms with Gasteiger partial charge in [-0.1, -0.05) is 43.5 Å². The lowest BCUT2D eigenvalue weighted by atomic mass is 9.94. The van der Waals surface area contributed by atoms with Gasteiger partial charge in [0.05, 0.1) is 6.21 Å². The maximum atomic E-state index is 5.37. The molecule has 1 aromatic carbocycles. The topological polar surface area (TPSA) is 53.6 Å². The summed E-state index contributed by atoms with van der Waals surface area (Å²) < 4.78 is 0. The van der Waals surface area contributed by atoms with Crippen LogP contribution in [0.3, 0.4) is 0 Å². The summed E-state index contributed by atoms with van der Waals surface area (Å²) in [7, 11) is 2.22. The lowest BCUT2D eigenvalue weighted by Crippen LogP contribution is -2.33. The predicted molar refractivity (Wildman–Crippen MR) is 92.3 cm³/mol. The first-order chi connectivity index (χ1) is 10.2. The molecule has 1 saturated carbocycles. The summed E-state index contributed by atoms with van der Waals surface area (Å²) in [6, 6.07) is 9.02. The monoisotopic (exact) mass is 304 g/mol. The largest absolute Gasteiger partial charge is 0.375 e. The van der Waals surface area contributed by atoms with Crippen molar-refractivity contribution < 1.29 is 0 Å². The van der Waals surface area contributed by atoms with Gasteiger partial charge in [0, 0.05) is 12.6 Å². The summed E-state index contributed by atoms with van der Waals surface area (Å²) in [6.45, 7) is 0.944. The van der Waals surface area contributed by atoms with Gasteiger partial charge in [-0.2, -0.15) is 5.10 Å². The number of nitrogens with zero attached hydrogens (tertiary/aromatic N) is 2. The molecular weight excluding hydrogens is 280 g/mol. The van der Waals surface area contributed by atoms with E-state index in [1.807, 2.05) is 6.07 Å². The van der Waals surface area contributed by atoms with E-state index in [2.05, 4.69) is 40.7 Å². The van der Waals surface area contributed by atoms with Gasteiger partial charge in [-0.05, 0) is 43.2 Å². The fraction of sp³-hybridized carbons (Fsp3) is 0.500. The van der Waals surface area contributed by atoms with E-state index in [9.17, 15) is 0 Å². The molecule has 0 spiro atoms. The fourth-order valence-corrected chi connectivity index (χ4v) is 2.94. The van der Waals surface area contributed by atoms with Crippen LogP contribution in [0.25, 0.3) is 0 Å². The number of nitrogens with two attached hydrogens (primary N) is 1. The highest BCUT2D eigenvalue weighted by Crippen LogP contribution is 2.23. The second-order valence-corrected chi connectivity index (χ2v) is 6.08. The molecule has 0 aliphatic heterocycles. The van der Waals surface area contributed by atoms with Gasteiger partial charge in [-0.15, -0.1) is 0 Å². The highest BCUT2D eigenvalue weighted by Gasteiger charge is 2.18. The van der Waals surface area contributed by atoms with Gasteiger partial charge in [0.25, 0.3) is 0 Å². The van der Waals surface area contributed by atoms with E-state index in [0.29, 0.717) is 6.04 Å². The normalized spacial score (nSPS) is 16.5. The van der Waals surface area contributed by atoms with Gasteiger partial charge in [-0.25, -0.2) is 0 Å². The summed E-state index contributed by atoms with van der Waals surface area (Å²) in [5.41, 5.74) is 10.4. The van der Waals surface area contributed by atoms with Crippen molar-refractivity contribution in [2.24, 2.45) is 10.8 Å². The Morgan fingerprint density at radius 1 is 1.38 bits per heavy atom. The Bertz CT molecular complexity index is 495. The molecule has 2 rings (SSSR count). The number of rotatable bonds is 5. The molecule has 0 aromatic heterocycles. The number of nitrogens with one attached hydrogen (secondary N) is 1. The number of hydrogen-bond acceptors (Lipinski definition) is 3. The molecule has 0 bridgehead atoms. The first kappa shape index (κ1) is 15.9. The lowest BCUT2D eigenvalue weighted by Gasteiger charge is -2.31. The molecule has 1 aliphatic rings. The van der Waals surface area contributed by atoms with E-state index in [-0.39, 0.29) is 5.11 Å². The Kier molecular flexibility index (Phi) is 6.14. The molecule has 0 unspecified atom stereocenters. The summed E-state index contributed by atoms with van der Waals surface area (Å²) in [5.74, 6) is 0. The van der Waals surface area contributed by atoms with Crippen LogP contribution >= 0.6 is 12.2 Å². The first-order valence-electron chi connectivity index (χ1n) is 7.53. The smallest absolute Gasteiger partial charge is 0.184 e. The Hall–Kier alpha value is -1.46. The van der Waals surface area contributed by atoms with Gasteiger partial charge in [-0.3, -0.25) is 10.3 Å². The summed E-state index contributed by atoms with van der Waals surface area (Å²) in [4.78, 5) is 2.47. The fourth-order valence-electron chi connectivity index (χ4n) is 2.89. The van der Waals surface area contributed by atoms with E-state index >= 15 is 0 Å². The quantitative estimate of drug-likeness (QED) is 0.499. The molecule has 21 heavy (non-hydrogen) atoms. The molecule has 4 nitrogen and oxygen atoms in total. The van der Waals surface area contributed by atoms with Crippen molar-refractivity contribution in [3.05, 3.63) is 35.4 Å².